The van der Waals surface area contributed by atoms with Crippen LogP contribution in [0.3, 0.4) is 0 Å². The molecule has 0 radical (unpaired) electrons. The quantitative estimate of drug-likeness (QED) is 0.174. The zero-order valence-electron chi connectivity index (χ0n) is 29.2. The minimum atomic E-state index is 0.751. The number of benzene rings is 9. The summed E-state index contributed by atoms with van der Waals surface area (Å²) < 4.78 is 13.9. The molecule has 11 aromatic rings. The second-order valence-electron chi connectivity index (χ2n) is 13.7. The molecule has 4 heteroatoms. The summed E-state index contributed by atoms with van der Waals surface area (Å²) in [4.78, 5) is 4.62. The number of nitrogens with zero attached hydrogens (tertiary/aromatic N) is 2. The summed E-state index contributed by atoms with van der Waals surface area (Å²) in [6.07, 6.45) is 0. The van der Waals surface area contributed by atoms with E-state index >= 15 is 0 Å². The Kier molecular flexibility index (Phi) is 6.82. The Morgan fingerprint density at radius 3 is 0.907 bits per heavy atom. The Morgan fingerprint density at radius 1 is 0.278 bits per heavy atom. The maximum atomic E-state index is 6.96. The first-order valence-corrected chi connectivity index (χ1v) is 18.3. The van der Waals surface area contributed by atoms with Gasteiger partial charge in [0.15, 0.2) is 11.2 Å². The monoisotopic (exact) mass is 692 g/mol. The van der Waals surface area contributed by atoms with Crippen LogP contribution in [-0.2, 0) is 0 Å². The molecular formula is C50H32N2O2. The van der Waals surface area contributed by atoms with E-state index in [2.05, 4.69) is 204 Å². The van der Waals surface area contributed by atoms with Crippen LogP contribution in [0.4, 0.5) is 34.1 Å². The summed E-state index contributed by atoms with van der Waals surface area (Å²) in [6, 6.07) is 68.2. The van der Waals surface area contributed by atoms with Gasteiger partial charge in [-0.15, -0.1) is 0 Å². The maximum absolute atomic E-state index is 6.96. The van der Waals surface area contributed by atoms with Gasteiger partial charge in [0.05, 0.1) is 11.4 Å². The third-order valence-corrected chi connectivity index (χ3v) is 10.6. The lowest BCUT2D eigenvalue weighted by Gasteiger charge is -2.27. The van der Waals surface area contributed by atoms with E-state index in [0.29, 0.717) is 0 Å². The van der Waals surface area contributed by atoms with Gasteiger partial charge in [0.2, 0.25) is 0 Å². The second kappa shape index (κ2) is 12.1. The van der Waals surface area contributed by atoms with Crippen LogP contribution in [-0.4, -0.2) is 0 Å². The predicted molar refractivity (Wildman–Crippen MR) is 225 cm³/mol. The molecule has 254 valence electrons. The van der Waals surface area contributed by atoms with Crippen molar-refractivity contribution in [3.8, 4) is 0 Å². The smallest absolute Gasteiger partial charge is 0.178 e. The van der Waals surface area contributed by atoms with E-state index in [1.165, 1.54) is 0 Å². The Morgan fingerprint density at radius 2 is 0.574 bits per heavy atom. The average Bonchev–Trinajstić information content (AvgIpc) is 3.81. The van der Waals surface area contributed by atoms with Gasteiger partial charge in [-0.25, -0.2) is 0 Å². The third kappa shape index (κ3) is 4.64. The summed E-state index contributed by atoms with van der Waals surface area (Å²) in [5.74, 6) is 0. The van der Waals surface area contributed by atoms with Crippen LogP contribution in [0.25, 0.3) is 65.4 Å². The number of hydrogen-bond donors (Lipinski definition) is 0. The first-order valence-electron chi connectivity index (χ1n) is 18.3. The topological polar surface area (TPSA) is 32.8 Å². The largest absolute Gasteiger partial charge is 0.452 e. The summed E-state index contributed by atoms with van der Waals surface area (Å²) in [7, 11) is 0. The molecule has 0 fully saturated rings. The molecule has 0 aliphatic carbocycles. The molecule has 2 aromatic heterocycles. The molecule has 0 saturated heterocycles. The molecule has 2 heterocycles. The van der Waals surface area contributed by atoms with Crippen molar-refractivity contribution in [2.24, 2.45) is 0 Å². The van der Waals surface area contributed by atoms with E-state index in [-0.39, 0.29) is 0 Å². The van der Waals surface area contributed by atoms with Crippen molar-refractivity contribution < 1.29 is 8.83 Å². The highest BCUT2D eigenvalue weighted by molar-refractivity contribution is 6.29. The SMILES string of the molecule is c1ccc(N(c2ccccc2)c2cc3oc4c(ccc5c4oc4cc(N(c6ccccc6)c6ccccc6)c6ccccc6c45)c3c3ccccc23)cc1. The van der Waals surface area contributed by atoms with E-state index in [1.54, 1.807) is 0 Å². The lowest BCUT2D eigenvalue weighted by Crippen LogP contribution is -2.10. The molecule has 0 saturated carbocycles. The molecule has 0 amide bonds. The van der Waals surface area contributed by atoms with Crippen molar-refractivity contribution in [3.63, 3.8) is 0 Å². The molecule has 0 N–H and O–H groups in total. The molecule has 9 aromatic carbocycles. The zero-order chi connectivity index (χ0) is 35.6. The van der Waals surface area contributed by atoms with Gasteiger partial charge in [-0.05, 0) is 71.4 Å². The van der Waals surface area contributed by atoms with Gasteiger partial charge in [-0.2, -0.15) is 0 Å². The van der Waals surface area contributed by atoms with Crippen molar-refractivity contribution in [3.05, 3.63) is 194 Å². The lowest BCUT2D eigenvalue weighted by molar-refractivity contribution is 0.633. The number of fused-ring (bicyclic) bond motifs is 11. The molecule has 0 atom stereocenters. The summed E-state index contributed by atoms with van der Waals surface area (Å²) >= 11 is 0. The minimum absolute atomic E-state index is 0.751. The van der Waals surface area contributed by atoms with Crippen molar-refractivity contribution in [2.45, 2.75) is 0 Å². The highest BCUT2D eigenvalue weighted by Gasteiger charge is 2.24. The number of para-hydroxylation sites is 4. The molecule has 0 aliphatic rings. The molecule has 0 aliphatic heterocycles. The summed E-state index contributed by atoms with van der Waals surface area (Å²) in [6.45, 7) is 0. The molecule has 54 heavy (non-hydrogen) atoms. The van der Waals surface area contributed by atoms with Crippen LogP contribution in [0.1, 0.15) is 0 Å². The molecule has 4 nitrogen and oxygen atoms in total. The van der Waals surface area contributed by atoms with Crippen molar-refractivity contribution in [2.75, 3.05) is 9.80 Å². The first kappa shape index (κ1) is 30.3. The van der Waals surface area contributed by atoms with Gasteiger partial charge in [-0.1, -0.05) is 121 Å². The van der Waals surface area contributed by atoms with Crippen molar-refractivity contribution in [1.82, 2.24) is 0 Å². The third-order valence-electron chi connectivity index (χ3n) is 10.6. The number of rotatable bonds is 6. The lowest BCUT2D eigenvalue weighted by atomic mass is 9.99. The Balaban J connectivity index is 1.19. The molecule has 11 rings (SSSR count). The fraction of sp³-hybridized carbons (Fsp3) is 0. The molecule has 0 unspecified atom stereocenters. The first-order chi connectivity index (χ1) is 26.8. The van der Waals surface area contributed by atoms with Crippen LogP contribution in [0.5, 0.6) is 0 Å². The number of hydrogen-bond acceptors (Lipinski definition) is 4. The standard InChI is InChI=1S/C50H32N2O2/c1-5-17-33(18-6-1)51(34-19-7-2-8-20-34)43-31-45-47(39-27-15-13-25-37(39)43)41-29-30-42-48-40-28-16-14-26-38(40)44(32-46(48)54-50(42)49(41)53-45)52(35-21-9-3-10-22-35)36-23-11-4-12-24-36/h1-32H. The molecule has 0 bridgehead atoms. The van der Waals surface area contributed by atoms with Gasteiger partial charge < -0.3 is 18.6 Å². The van der Waals surface area contributed by atoms with Gasteiger partial charge in [0, 0.05) is 67.2 Å². The number of furan rings is 2. The van der Waals surface area contributed by atoms with Gasteiger partial charge in [0.1, 0.15) is 11.2 Å². The van der Waals surface area contributed by atoms with E-state index in [1.807, 2.05) is 0 Å². The van der Waals surface area contributed by atoms with Crippen LogP contribution >= 0.6 is 0 Å². The van der Waals surface area contributed by atoms with E-state index in [4.69, 9.17) is 8.83 Å². The van der Waals surface area contributed by atoms with Crippen molar-refractivity contribution >= 4 is 99.5 Å². The maximum Gasteiger partial charge on any atom is 0.178 e. The Hall–Kier alpha value is -7.30. The van der Waals surface area contributed by atoms with Crippen LogP contribution in [0.15, 0.2) is 203 Å². The Bertz CT molecular complexity index is 2860. The fourth-order valence-corrected chi connectivity index (χ4v) is 8.29. The van der Waals surface area contributed by atoms with E-state index in [0.717, 1.165) is 99.5 Å². The second-order valence-corrected chi connectivity index (χ2v) is 13.7. The molecular weight excluding hydrogens is 661 g/mol. The fourth-order valence-electron chi connectivity index (χ4n) is 8.29. The van der Waals surface area contributed by atoms with Gasteiger partial charge in [0.25, 0.3) is 0 Å². The highest BCUT2D eigenvalue weighted by atomic mass is 16.4. The van der Waals surface area contributed by atoms with Crippen LogP contribution in [0, 0.1) is 0 Å². The van der Waals surface area contributed by atoms with E-state index < -0.39 is 0 Å². The van der Waals surface area contributed by atoms with E-state index in [9.17, 15) is 0 Å². The predicted octanol–water partition coefficient (Wildman–Crippen LogP) is 14.7. The normalized spacial score (nSPS) is 11.7. The van der Waals surface area contributed by atoms with Crippen LogP contribution in [0.2, 0.25) is 0 Å². The summed E-state index contributed by atoms with van der Waals surface area (Å²) in [5, 5.41) is 8.77. The average molecular weight is 693 g/mol. The van der Waals surface area contributed by atoms with Gasteiger partial charge in [-0.3, -0.25) is 0 Å². The summed E-state index contributed by atoms with van der Waals surface area (Å²) in [5.41, 5.74) is 9.53. The molecule has 0 spiro atoms. The number of anilines is 6. The highest BCUT2D eigenvalue weighted by Crippen LogP contribution is 2.49. The zero-order valence-corrected chi connectivity index (χ0v) is 29.2. The van der Waals surface area contributed by atoms with Crippen molar-refractivity contribution in [1.29, 1.82) is 0 Å². The van der Waals surface area contributed by atoms with Gasteiger partial charge >= 0.3 is 0 Å². The minimum Gasteiger partial charge on any atom is -0.452 e. The van der Waals surface area contributed by atoms with Crippen LogP contribution < -0.4 is 9.80 Å². The Labute approximate surface area is 311 Å².